The van der Waals surface area contributed by atoms with Crippen LogP contribution >= 0.6 is 22.7 Å². The highest BCUT2D eigenvalue weighted by molar-refractivity contribution is 7.15. The van der Waals surface area contributed by atoms with Crippen molar-refractivity contribution >= 4 is 27.8 Å². The van der Waals surface area contributed by atoms with E-state index in [-0.39, 0.29) is 0 Å². The van der Waals surface area contributed by atoms with E-state index in [2.05, 4.69) is 20.5 Å². The van der Waals surface area contributed by atoms with Gasteiger partial charge in [-0.25, -0.2) is 4.98 Å². The van der Waals surface area contributed by atoms with Gasteiger partial charge in [0.1, 0.15) is 5.01 Å². The lowest BCUT2D eigenvalue weighted by Crippen LogP contribution is -1.98. The van der Waals surface area contributed by atoms with Crippen LogP contribution in [0.4, 0.5) is 5.13 Å². The molecule has 2 rings (SSSR count). The van der Waals surface area contributed by atoms with Gasteiger partial charge in [0, 0.05) is 4.88 Å². The van der Waals surface area contributed by atoms with Crippen molar-refractivity contribution in [3.8, 4) is 0 Å². The Hall–Kier alpha value is -1.01. The standard InChI is InChI=1S/C8H10N4S2/c1-5-7(13-4-10-5)3-9-8-12-11-6(2)14-8/h4H,3H2,1-2H3,(H,9,12). The molecular formula is C8H10N4S2. The Kier molecular flexibility index (Phi) is 2.74. The van der Waals surface area contributed by atoms with Crippen LogP contribution in [-0.4, -0.2) is 15.2 Å². The summed E-state index contributed by atoms with van der Waals surface area (Å²) < 4.78 is 0. The van der Waals surface area contributed by atoms with Crippen molar-refractivity contribution in [2.75, 3.05) is 5.32 Å². The van der Waals surface area contributed by atoms with Gasteiger partial charge in [-0.15, -0.1) is 21.5 Å². The molecule has 2 aromatic rings. The quantitative estimate of drug-likeness (QED) is 0.872. The maximum Gasteiger partial charge on any atom is 0.205 e. The summed E-state index contributed by atoms with van der Waals surface area (Å²) in [4.78, 5) is 5.43. The van der Waals surface area contributed by atoms with E-state index in [9.17, 15) is 0 Å². The number of rotatable bonds is 3. The first-order chi connectivity index (χ1) is 6.75. The second-order valence-corrected chi connectivity index (χ2v) is 4.96. The molecule has 0 aliphatic heterocycles. The van der Waals surface area contributed by atoms with Crippen molar-refractivity contribution < 1.29 is 0 Å². The van der Waals surface area contributed by atoms with Gasteiger partial charge in [-0.1, -0.05) is 11.3 Å². The first kappa shape index (κ1) is 9.54. The predicted molar refractivity (Wildman–Crippen MR) is 58.8 cm³/mol. The van der Waals surface area contributed by atoms with Crippen LogP contribution in [-0.2, 0) is 6.54 Å². The number of anilines is 1. The molecular weight excluding hydrogens is 216 g/mol. The second kappa shape index (κ2) is 4.02. The largest absolute Gasteiger partial charge is 0.355 e. The number of aryl methyl sites for hydroxylation is 2. The lowest BCUT2D eigenvalue weighted by molar-refractivity contribution is 1.02. The van der Waals surface area contributed by atoms with E-state index in [0.717, 1.165) is 22.4 Å². The maximum atomic E-state index is 4.18. The van der Waals surface area contributed by atoms with Crippen LogP contribution in [0, 0.1) is 13.8 Å². The lowest BCUT2D eigenvalue weighted by Gasteiger charge is -1.98. The topological polar surface area (TPSA) is 50.7 Å². The minimum Gasteiger partial charge on any atom is -0.355 e. The second-order valence-electron chi connectivity index (χ2n) is 2.84. The van der Waals surface area contributed by atoms with Gasteiger partial charge in [0.2, 0.25) is 5.13 Å². The van der Waals surface area contributed by atoms with E-state index in [1.807, 2.05) is 19.4 Å². The number of nitrogens with zero attached hydrogens (tertiary/aromatic N) is 3. The molecule has 0 amide bonds. The first-order valence-corrected chi connectivity index (χ1v) is 5.88. The fourth-order valence-corrected chi connectivity index (χ4v) is 2.32. The van der Waals surface area contributed by atoms with Crippen molar-refractivity contribution in [3.63, 3.8) is 0 Å². The minimum absolute atomic E-state index is 0.783. The molecule has 4 nitrogen and oxygen atoms in total. The van der Waals surface area contributed by atoms with Gasteiger partial charge in [-0.2, -0.15) is 0 Å². The summed E-state index contributed by atoms with van der Waals surface area (Å²) in [6, 6.07) is 0. The van der Waals surface area contributed by atoms with Gasteiger partial charge in [0.05, 0.1) is 17.7 Å². The van der Waals surface area contributed by atoms with Gasteiger partial charge in [-0.05, 0) is 13.8 Å². The highest BCUT2D eigenvalue weighted by Crippen LogP contribution is 2.17. The van der Waals surface area contributed by atoms with E-state index in [1.54, 1.807) is 22.7 Å². The average Bonchev–Trinajstić information content (AvgIpc) is 2.72. The number of hydrogen-bond donors (Lipinski definition) is 1. The maximum absolute atomic E-state index is 4.18. The van der Waals surface area contributed by atoms with Gasteiger partial charge in [0.15, 0.2) is 0 Å². The summed E-state index contributed by atoms with van der Waals surface area (Å²) in [7, 11) is 0. The Labute approximate surface area is 90.0 Å². The molecule has 0 radical (unpaired) electrons. The van der Waals surface area contributed by atoms with Gasteiger partial charge in [0.25, 0.3) is 0 Å². The van der Waals surface area contributed by atoms with Crippen molar-refractivity contribution in [1.82, 2.24) is 15.2 Å². The van der Waals surface area contributed by atoms with Crippen molar-refractivity contribution in [3.05, 3.63) is 21.1 Å². The normalized spacial score (nSPS) is 10.4. The fourth-order valence-electron chi connectivity index (χ4n) is 1.02. The highest BCUT2D eigenvalue weighted by Gasteiger charge is 2.03. The summed E-state index contributed by atoms with van der Waals surface area (Å²) in [5.74, 6) is 0. The molecule has 0 saturated heterocycles. The summed E-state index contributed by atoms with van der Waals surface area (Å²) in [6.45, 7) is 4.74. The molecule has 1 N–H and O–H groups in total. The smallest absolute Gasteiger partial charge is 0.205 e. The Balaban J connectivity index is 1.98. The van der Waals surface area contributed by atoms with E-state index < -0.39 is 0 Å². The minimum atomic E-state index is 0.783. The van der Waals surface area contributed by atoms with Crippen LogP contribution in [0.25, 0.3) is 0 Å². The Morgan fingerprint density at radius 3 is 2.79 bits per heavy atom. The molecule has 0 saturated carbocycles. The fraction of sp³-hybridized carbons (Fsp3) is 0.375. The number of hydrogen-bond acceptors (Lipinski definition) is 6. The van der Waals surface area contributed by atoms with Gasteiger partial charge >= 0.3 is 0 Å². The molecule has 0 aromatic carbocycles. The van der Waals surface area contributed by atoms with E-state index in [1.165, 1.54) is 4.88 Å². The van der Waals surface area contributed by atoms with E-state index in [4.69, 9.17) is 0 Å². The summed E-state index contributed by atoms with van der Waals surface area (Å²) in [6.07, 6.45) is 0. The molecule has 0 aliphatic carbocycles. The third kappa shape index (κ3) is 2.08. The van der Waals surface area contributed by atoms with Gasteiger partial charge < -0.3 is 5.32 Å². The van der Waals surface area contributed by atoms with Crippen LogP contribution in [0.3, 0.4) is 0 Å². The Morgan fingerprint density at radius 1 is 1.36 bits per heavy atom. The lowest BCUT2D eigenvalue weighted by atomic mass is 10.4. The zero-order chi connectivity index (χ0) is 9.97. The molecule has 2 heterocycles. The summed E-state index contributed by atoms with van der Waals surface area (Å²) in [5, 5.41) is 13.0. The first-order valence-electron chi connectivity index (χ1n) is 4.18. The van der Waals surface area contributed by atoms with Crippen molar-refractivity contribution in [2.45, 2.75) is 20.4 Å². The van der Waals surface area contributed by atoms with E-state index >= 15 is 0 Å². The molecule has 74 valence electrons. The molecule has 0 bridgehead atoms. The molecule has 0 fully saturated rings. The summed E-state index contributed by atoms with van der Waals surface area (Å²) >= 11 is 3.22. The molecule has 6 heteroatoms. The molecule has 0 unspecified atom stereocenters. The zero-order valence-corrected chi connectivity index (χ0v) is 9.58. The molecule has 0 atom stereocenters. The van der Waals surface area contributed by atoms with Crippen molar-refractivity contribution in [1.29, 1.82) is 0 Å². The SMILES string of the molecule is Cc1nnc(NCc2scnc2C)s1. The van der Waals surface area contributed by atoms with E-state index in [0.29, 0.717) is 0 Å². The average molecular weight is 226 g/mol. The van der Waals surface area contributed by atoms with Crippen LogP contribution in [0.1, 0.15) is 15.6 Å². The van der Waals surface area contributed by atoms with Crippen LogP contribution < -0.4 is 5.32 Å². The van der Waals surface area contributed by atoms with Crippen LogP contribution in [0.5, 0.6) is 0 Å². The highest BCUT2D eigenvalue weighted by atomic mass is 32.1. The monoisotopic (exact) mass is 226 g/mol. The third-order valence-corrected chi connectivity index (χ3v) is 3.50. The number of nitrogens with one attached hydrogen (secondary N) is 1. The Bertz CT molecular complexity index is 420. The zero-order valence-electron chi connectivity index (χ0n) is 7.94. The van der Waals surface area contributed by atoms with Gasteiger partial charge in [-0.3, -0.25) is 0 Å². The predicted octanol–water partition coefficient (Wildman–Crippen LogP) is 2.22. The Morgan fingerprint density at radius 2 is 2.21 bits per heavy atom. The number of thiazole rings is 1. The molecule has 0 aliphatic rings. The third-order valence-electron chi connectivity index (χ3n) is 1.77. The number of aromatic nitrogens is 3. The molecule has 0 spiro atoms. The summed E-state index contributed by atoms with van der Waals surface area (Å²) in [5.41, 5.74) is 2.95. The van der Waals surface area contributed by atoms with Crippen LogP contribution in [0.2, 0.25) is 0 Å². The van der Waals surface area contributed by atoms with Crippen molar-refractivity contribution in [2.24, 2.45) is 0 Å². The molecule has 2 aromatic heterocycles. The van der Waals surface area contributed by atoms with Crippen LogP contribution in [0.15, 0.2) is 5.51 Å². The molecule has 14 heavy (non-hydrogen) atoms.